The molecule has 1 fully saturated rings. The highest BCUT2D eigenvalue weighted by atomic mass is 32.2. The molecule has 1 heterocycles. The average Bonchev–Trinajstić information content (AvgIpc) is 3.21. The summed E-state index contributed by atoms with van der Waals surface area (Å²) in [5, 5.41) is 30.9. The van der Waals surface area contributed by atoms with Crippen molar-refractivity contribution in [2.45, 2.75) is 230 Å². The lowest BCUT2D eigenvalue weighted by Gasteiger charge is -2.40. The molecule has 0 saturated carbocycles. The molecule has 0 amide bonds. The standard InChI is InChI=1S/C47H84O12S/c1-3-5-7-9-11-13-15-17-19-21-23-25-27-29-31-33-35-42(48)56-37-40(38-57-47-46(52)45(51)44(50)41(59-47)39-60(53,54)55)58-43(49)36-34-32-30-28-26-24-22-20-18-16-14-12-10-8-6-4-2/h14,16,19-22,40-41,44-47,50-52H,3-13,15,17-18,23-39H2,1-2H3,(H,53,54,55)/b16-14-,21-19-,22-20-. The van der Waals surface area contributed by atoms with E-state index in [0.717, 1.165) is 83.5 Å². The van der Waals surface area contributed by atoms with Gasteiger partial charge in [-0.25, -0.2) is 0 Å². The smallest absolute Gasteiger partial charge is 0.306 e. The molecule has 1 aliphatic heterocycles. The first-order valence-electron chi connectivity index (χ1n) is 23.5. The molecule has 4 N–H and O–H groups in total. The highest BCUT2D eigenvalue weighted by molar-refractivity contribution is 7.85. The Morgan fingerprint density at radius 3 is 1.50 bits per heavy atom. The summed E-state index contributed by atoms with van der Waals surface area (Å²) in [6.45, 7) is 3.73. The summed E-state index contributed by atoms with van der Waals surface area (Å²) >= 11 is 0. The summed E-state index contributed by atoms with van der Waals surface area (Å²) in [6.07, 6.45) is 33.2. The third kappa shape index (κ3) is 31.7. The van der Waals surface area contributed by atoms with E-state index in [9.17, 15) is 37.9 Å². The molecule has 6 unspecified atom stereocenters. The molecule has 6 atom stereocenters. The van der Waals surface area contributed by atoms with Crippen molar-refractivity contribution in [2.75, 3.05) is 19.0 Å². The Labute approximate surface area is 363 Å². The number of carbonyl (C=O) groups excluding carboxylic acids is 2. The summed E-state index contributed by atoms with van der Waals surface area (Å²) in [6, 6.07) is 0. The first kappa shape index (κ1) is 55.9. The Hall–Kier alpha value is -2.13. The molecule has 0 aromatic rings. The van der Waals surface area contributed by atoms with Gasteiger partial charge in [0.1, 0.15) is 36.8 Å². The van der Waals surface area contributed by atoms with Crippen molar-refractivity contribution >= 4 is 22.1 Å². The minimum Gasteiger partial charge on any atom is -0.462 e. The SMILES string of the molecule is CCCCCC/C=C\C/C=C\CCCCCCCC(=O)OC(COC(=O)CCCCCCC/C=C\CCCCCCCCC)COC1OC(CS(=O)(=O)O)C(O)C(O)C1O. The van der Waals surface area contributed by atoms with Crippen molar-refractivity contribution in [1.82, 2.24) is 0 Å². The van der Waals surface area contributed by atoms with E-state index in [4.69, 9.17) is 18.9 Å². The summed E-state index contributed by atoms with van der Waals surface area (Å²) < 4.78 is 54.1. The van der Waals surface area contributed by atoms with Crippen LogP contribution in [0.1, 0.15) is 194 Å². The number of rotatable bonds is 39. The predicted octanol–water partition coefficient (Wildman–Crippen LogP) is 9.78. The fourth-order valence-electron chi connectivity index (χ4n) is 7.00. The number of ether oxygens (including phenoxy) is 4. The number of aliphatic hydroxyl groups is 3. The summed E-state index contributed by atoms with van der Waals surface area (Å²) in [4.78, 5) is 25.4. The van der Waals surface area contributed by atoms with Crippen LogP contribution in [-0.4, -0.2) is 96.0 Å². The molecule has 0 aliphatic carbocycles. The van der Waals surface area contributed by atoms with E-state index in [1.54, 1.807) is 0 Å². The van der Waals surface area contributed by atoms with Gasteiger partial charge in [0.2, 0.25) is 0 Å². The van der Waals surface area contributed by atoms with Gasteiger partial charge < -0.3 is 34.3 Å². The van der Waals surface area contributed by atoms with E-state index in [-0.39, 0.29) is 19.4 Å². The second-order valence-electron chi connectivity index (χ2n) is 16.4. The second kappa shape index (κ2) is 37.4. The number of hydrogen-bond donors (Lipinski definition) is 4. The Bertz CT molecular complexity index is 1250. The molecule has 0 radical (unpaired) electrons. The second-order valence-corrected chi connectivity index (χ2v) is 17.9. The highest BCUT2D eigenvalue weighted by Gasteiger charge is 2.46. The zero-order chi connectivity index (χ0) is 44.1. The molecule has 0 bridgehead atoms. The molecule has 1 aliphatic rings. The van der Waals surface area contributed by atoms with Gasteiger partial charge in [-0.15, -0.1) is 0 Å². The lowest BCUT2D eigenvalue weighted by molar-refractivity contribution is -0.297. The monoisotopic (exact) mass is 873 g/mol. The molecule has 1 saturated heterocycles. The molecule has 12 nitrogen and oxygen atoms in total. The number of esters is 2. The van der Waals surface area contributed by atoms with E-state index in [1.807, 2.05) is 0 Å². The van der Waals surface area contributed by atoms with Crippen LogP contribution in [0.5, 0.6) is 0 Å². The van der Waals surface area contributed by atoms with Crippen LogP contribution in [0.25, 0.3) is 0 Å². The molecule has 350 valence electrons. The van der Waals surface area contributed by atoms with E-state index in [0.29, 0.717) is 12.8 Å². The fourth-order valence-corrected chi connectivity index (χ4v) is 7.69. The lowest BCUT2D eigenvalue weighted by Crippen LogP contribution is -2.60. The number of carbonyl (C=O) groups is 2. The van der Waals surface area contributed by atoms with Crippen molar-refractivity contribution in [3.8, 4) is 0 Å². The maximum Gasteiger partial charge on any atom is 0.306 e. The van der Waals surface area contributed by atoms with Gasteiger partial charge in [-0.05, 0) is 70.6 Å². The predicted molar refractivity (Wildman–Crippen MR) is 238 cm³/mol. The largest absolute Gasteiger partial charge is 0.462 e. The van der Waals surface area contributed by atoms with Crippen molar-refractivity contribution < 1.29 is 56.8 Å². The van der Waals surface area contributed by atoms with Crippen LogP contribution in [0, 0.1) is 0 Å². The molecule has 0 aromatic heterocycles. The van der Waals surface area contributed by atoms with E-state index in [2.05, 4.69) is 50.3 Å². The van der Waals surface area contributed by atoms with Gasteiger partial charge in [0.25, 0.3) is 10.1 Å². The molecular weight excluding hydrogens is 789 g/mol. The summed E-state index contributed by atoms with van der Waals surface area (Å²) in [7, 11) is -4.60. The van der Waals surface area contributed by atoms with Crippen molar-refractivity contribution in [3.05, 3.63) is 36.5 Å². The van der Waals surface area contributed by atoms with Gasteiger partial charge in [-0.2, -0.15) is 8.42 Å². The molecule has 13 heteroatoms. The van der Waals surface area contributed by atoms with E-state index in [1.165, 1.54) is 70.6 Å². The normalized spacial score (nSPS) is 20.4. The fraction of sp³-hybridized carbons (Fsp3) is 0.830. The van der Waals surface area contributed by atoms with Gasteiger partial charge in [0.05, 0.1) is 6.61 Å². The Morgan fingerprint density at radius 1 is 0.567 bits per heavy atom. The van der Waals surface area contributed by atoms with Crippen molar-refractivity contribution in [1.29, 1.82) is 0 Å². The number of allylic oxidation sites excluding steroid dienone is 6. The zero-order valence-corrected chi connectivity index (χ0v) is 38.1. The number of unbranched alkanes of at least 4 members (excludes halogenated alkanes) is 21. The van der Waals surface area contributed by atoms with E-state index < -0.39 is 71.2 Å². The van der Waals surface area contributed by atoms with Crippen LogP contribution in [0.15, 0.2) is 36.5 Å². The van der Waals surface area contributed by atoms with Crippen LogP contribution < -0.4 is 0 Å². The van der Waals surface area contributed by atoms with Crippen LogP contribution in [0.3, 0.4) is 0 Å². The first-order chi connectivity index (χ1) is 29.0. The van der Waals surface area contributed by atoms with Crippen LogP contribution in [0.4, 0.5) is 0 Å². The van der Waals surface area contributed by atoms with Gasteiger partial charge >= 0.3 is 11.9 Å². The zero-order valence-electron chi connectivity index (χ0n) is 37.3. The van der Waals surface area contributed by atoms with Crippen LogP contribution in [0.2, 0.25) is 0 Å². The quantitative estimate of drug-likeness (QED) is 0.0199. The van der Waals surface area contributed by atoms with Gasteiger partial charge in [-0.3, -0.25) is 14.1 Å². The molecule has 1 rings (SSSR count). The van der Waals surface area contributed by atoms with Crippen LogP contribution >= 0.6 is 0 Å². The molecule has 60 heavy (non-hydrogen) atoms. The van der Waals surface area contributed by atoms with Crippen molar-refractivity contribution in [3.63, 3.8) is 0 Å². The van der Waals surface area contributed by atoms with Gasteiger partial charge in [-0.1, -0.05) is 147 Å². The molecule has 0 aromatic carbocycles. The Kier molecular flexibility index (Phi) is 34.9. The van der Waals surface area contributed by atoms with Crippen molar-refractivity contribution in [2.24, 2.45) is 0 Å². The minimum absolute atomic E-state index is 0.147. The lowest BCUT2D eigenvalue weighted by atomic mass is 10.00. The number of hydrogen-bond acceptors (Lipinski definition) is 11. The molecule has 0 spiro atoms. The van der Waals surface area contributed by atoms with Crippen LogP contribution in [-0.2, 0) is 38.7 Å². The van der Waals surface area contributed by atoms with Gasteiger partial charge in [0.15, 0.2) is 12.4 Å². The topological polar surface area (TPSA) is 186 Å². The summed E-state index contributed by atoms with van der Waals surface area (Å²) in [5.74, 6) is -2.01. The summed E-state index contributed by atoms with van der Waals surface area (Å²) in [5.41, 5.74) is 0. The average molecular weight is 873 g/mol. The molecular formula is C47H84O12S. The Balaban J connectivity index is 2.45. The van der Waals surface area contributed by atoms with E-state index >= 15 is 0 Å². The maximum absolute atomic E-state index is 12.8. The maximum atomic E-state index is 12.8. The minimum atomic E-state index is -4.60. The number of aliphatic hydroxyl groups excluding tert-OH is 3. The third-order valence-electron chi connectivity index (χ3n) is 10.7. The third-order valence-corrected chi connectivity index (χ3v) is 11.4. The highest BCUT2D eigenvalue weighted by Crippen LogP contribution is 2.24. The van der Waals surface area contributed by atoms with Gasteiger partial charge in [0, 0.05) is 12.8 Å². The Morgan fingerprint density at radius 2 is 1.00 bits per heavy atom. The first-order valence-corrected chi connectivity index (χ1v) is 25.2.